The van der Waals surface area contributed by atoms with Crippen molar-refractivity contribution >= 4 is 39.1 Å². The third-order valence-electron chi connectivity index (χ3n) is 4.08. The maximum atomic E-state index is 11.8. The zero-order valence-electron chi connectivity index (χ0n) is 14.9. The number of carboxylic acid groups (broad SMARTS) is 2. The van der Waals surface area contributed by atoms with Gasteiger partial charge in [-0.15, -0.1) is 0 Å². The van der Waals surface area contributed by atoms with E-state index in [9.17, 15) is 29.9 Å². The Kier molecular flexibility index (Phi) is 5.74. The van der Waals surface area contributed by atoms with Gasteiger partial charge in [0.05, 0.1) is 22.0 Å². The summed E-state index contributed by atoms with van der Waals surface area (Å²) in [7, 11) is 0. The normalized spacial score (nSPS) is 19.7. The first-order valence-electron chi connectivity index (χ1n) is 8.00. The topological polar surface area (TPSA) is 127 Å². The van der Waals surface area contributed by atoms with Crippen molar-refractivity contribution in [1.82, 2.24) is 0 Å². The number of allylic oxidation sites excluding steroid dienone is 2. The molecule has 1 unspecified atom stereocenters. The SMILES string of the molecule is CC(C)Oc1ccc([N+](=O)[O-])cc1C1=CC(C)(C(=O)O)CC(C(=O)O)=C1Br. The molecule has 0 amide bonds. The van der Waals surface area contributed by atoms with Crippen molar-refractivity contribution < 1.29 is 29.5 Å². The molecule has 0 radical (unpaired) electrons. The van der Waals surface area contributed by atoms with E-state index in [-0.39, 0.29) is 45.2 Å². The van der Waals surface area contributed by atoms with Crippen LogP contribution in [0.1, 0.15) is 32.8 Å². The van der Waals surface area contributed by atoms with Crippen LogP contribution < -0.4 is 4.74 Å². The number of hydrogen-bond acceptors (Lipinski definition) is 5. The molecule has 0 fully saturated rings. The van der Waals surface area contributed by atoms with Crippen LogP contribution in [0.2, 0.25) is 0 Å². The molecule has 27 heavy (non-hydrogen) atoms. The summed E-state index contributed by atoms with van der Waals surface area (Å²) < 4.78 is 5.87. The lowest BCUT2D eigenvalue weighted by atomic mass is 9.76. The molecule has 0 aliphatic heterocycles. The summed E-state index contributed by atoms with van der Waals surface area (Å²) in [5.74, 6) is -2.18. The molecule has 1 aliphatic carbocycles. The highest BCUT2D eigenvalue weighted by molar-refractivity contribution is 9.12. The fraction of sp³-hybridized carbons (Fsp3) is 0.333. The Morgan fingerprint density at radius 1 is 1.33 bits per heavy atom. The van der Waals surface area contributed by atoms with Gasteiger partial charge in [-0.2, -0.15) is 0 Å². The van der Waals surface area contributed by atoms with Crippen LogP contribution in [0, 0.1) is 15.5 Å². The fourth-order valence-corrected chi connectivity index (χ4v) is 3.38. The summed E-state index contributed by atoms with van der Waals surface area (Å²) in [6.45, 7) is 4.95. The summed E-state index contributed by atoms with van der Waals surface area (Å²) >= 11 is 3.23. The van der Waals surface area contributed by atoms with Crippen molar-refractivity contribution in [2.75, 3.05) is 0 Å². The molecule has 1 aromatic rings. The largest absolute Gasteiger partial charge is 0.490 e. The minimum Gasteiger partial charge on any atom is -0.490 e. The predicted octanol–water partition coefficient (Wildman–Crippen LogP) is 3.99. The van der Waals surface area contributed by atoms with E-state index >= 15 is 0 Å². The molecule has 0 heterocycles. The summed E-state index contributed by atoms with van der Waals surface area (Å²) in [5, 5.41) is 30.3. The van der Waals surface area contributed by atoms with Gasteiger partial charge in [0.1, 0.15) is 5.75 Å². The molecule has 1 aliphatic rings. The number of non-ortho nitro benzene ring substituents is 1. The van der Waals surface area contributed by atoms with Crippen LogP contribution in [0.15, 0.2) is 34.3 Å². The van der Waals surface area contributed by atoms with Crippen molar-refractivity contribution in [3.8, 4) is 5.75 Å². The molecular weight excluding hydrogens is 422 g/mol. The van der Waals surface area contributed by atoms with Crippen LogP contribution in [-0.2, 0) is 9.59 Å². The average molecular weight is 440 g/mol. The van der Waals surface area contributed by atoms with Gasteiger partial charge in [-0.05, 0) is 48.3 Å². The van der Waals surface area contributed by atoms with Gasteiger partial charge in [0, 0.05) is 28.6 Å². The molecule has 2 N–H and O–H groups in total. The summed E-state index contributed by atoms with van der Waals surface area (Å²) in [6, 6.07) is 3.94. The molecule has 0 aromatic heterocycles. The molecule has 1 atom stereocenters. The van der Waals surface area contributed by atoms with Gasteiger partial charge in [-0.1, -0.05) is 6.08 Å². The van der Waals surface area contributed by atoms with E-state index in [0.717, 1.165) is 0 Å². The summed E-state index contributed by atoms with van der Waals surface area (Å²) in [5.41, 5.74) is -1.36. The number of rotatable bonds is 6. The quantitative estimate of drug-likeness (QED) is 0.506. The number of carbonyl (C=O) groups is 2. The Labute approximate surface area is 163 Å². The van der Waals surface area contributed by atoms with Crippen LogP contribution in [0.3, 0.4) is 0 Å². The first kappa shape index (κ1) is 20.6. The van der Waals surface area contributed by atoms with E-state index in [0.29, 0.717) is 0 Å². The van der Waals surface area contributed by atoms with Crippen LogP contribution in [-0.4, -0.2) is 33.2 Å². The van der Waals surface area contributed by atoms with Crippen molar-refractivity contribution in [2.24, 2.45) is 5.41 Å². The highest BCUT2D eigenvalue weighted by atomic mass is 79.9. The Hall–Kier alpha value is -2.68. The molecule has 9 heteroatoms. The van der Waals surface area contributed by atoms with E-state index < -0.39 is 22.3 Å². The molecular formula is C18H18BrNO7. The maximum absolute atomic E-state index is 11.8. The predicted molar refractivity (Wildman–Crippen MR) is 101 cm³/mol. The van der Waals surface area contributed by atoms with Gasteiger partial charge in [-0.25, -0.2) is 4.79 Å². The zero-order chi connectivity index (χ0) is 20.5. The lowest BCUT2D eigenvalue weighted by molar-refractivity contribution is -0.384. The third-order valence-corrected chi connectivity index (χ3v) is 4.99. The monoisotopic (exact) mass is 439 g/mol. The van der Waals surface area contributed by atoms with Crippen molar-refractivity contribution in [2.45, 2.75) is 33.3 Å². The minimum atomic E-state index is -1.49. The van der Waals surface area contributed by atoms with Gasteiger partial charge in [0.25, 0.3) is 5.69 Å². The molecule has 8 nitrogen and oxygen atoms in total. The molecule has 2 rings (SSSR count). The Balaban J connectivity index is 2.79. The molecule has 0 saturated carbocycles. The molecule has 144 valence electrons. The Morgan fingerprint density at radius 3 is 2.44 bits per heavy atom. The fourth-order valence-electron chi connectivity index (χ4n) is 2.74. The van der Waals surface area contributed by atoms with Gasteiger partial charge in [0.15, 0.2) is 0 Å². The number of aliphatic carboxylic acids is 2. The van der Waals surface area contributed by atoms with E-state index in [4.69, 9.17) is 4.74 Å². The van der Waals surface area contributed by atoms with Crippen molar-refractivity contribution in [3.05, 3.63) is 50.0 Å². The zero-order valence-corrected chi connectivity index (χ0v) is 16.4. The summed E-state index contributed by atoms with van der Waals surface area (Å²) in [6.07, 6.45) is 0.928. The van der Waals surface area contributed by atoms with Crippen molar-refractivity contribution in [1.29, 1.82) is 0 Å². The Morgan fingerprint density at radius 2 is 1.96 bits per heavy atom. The lowest BCUT2D eigenvalue weighted by Gasteiger charge is -2.29. The van der Waals surface area contributed by atoms with Crippen LogP contribution in [0.25, 0.3) is 5.57 Å². The number of carboxylic acids is 2. The first-order chi connectivity index (χ1) is 12.5. The summed E-state index contributed by atoms with van der Waals surface area (Å²) in [4.78, 5) is 34.0. The molecule has 0 bridgehead atoms. The highest BCUT2D eigenvalue weighted by Gasteiger charge is 2.40. The third kappa shape index (κ3) is 4.19. The van der Waals surface area contributed by atoms with Crippen LogP contribution in [0.4, 0.5) is 5.69 Å². The van der Waals surface area contributed by atoms with E-state index in [1.54, 1.807) is 13.8 Å². The number of halogens is 1. The van der Waals surface area contributed by atoms with Crippen molar-refractivity contribution in [3.63, 3.8) is 0 Å². The van der Waals surface area contributed by atoms with Gasteiger partial charge < -0.3 is 14.9 Å². The van der Waals surface area contributed by atoms with Crippen LogP contribution >= 0.6 is 15.9 Å². The second-order valence-electron chi connectivity index (χ2n) is 6.66. The average Bonchev–Trinajstić information content (AvgIpc) is 2.56. The number of ether oxygens (including phenoxy) is 1. The smallest absolute Gasteiger partial charge is 0.332 e. The second kappa shape index (κ2) is 7.51. The number of nitro groups is 1. The number of nitrogens with zero attached hydrogens (tertiary/aromatic N) is 1. The van der Waals surface area contributed by atoms with E-state index in [1.165, 1.54) is 31.2 Å². The van der Waals surface area contributed by atoms with Gasteiger partial charge in [-0.3, -0.25) is 14.9 Å². The maximum Gasteiger partial charge on any atom is 0.332 e. The molecule has 0 spiro atoms. The standard InChI is InChI=1S/C18H18BrNO7/c1-9(2)27-14-5-4-10(20(25)26)6-11(14)12-7-18(3,17(23)24)8-13(15(12)19)16(21)22/h4-7,9H,8H2,1-3H3,(H,21,22)(H,23,24). The van der Waals surface area contributed by atoms with E-state index in [1.807, 2.05) is 0 Å². The van der Waals surface area contributed by atoms with E-state index in [2.05, 4.69) is 15.9 Å². The Bertz CT molecular complexity index is 888. The minimum absolute atomic E-state index is 0.126. The number of nitro benzene ring substituents is 1. The van der Waals surface area contributed by atoms with Crippen LogP contribution in [0.5, 0.6) is 5.75 Å². The van der Waals surface area contributed by atoms with Gasteiger partial charge >= 0.3 is 11.9 Å². The van der Waals surface area contributed by atoms with Gasteiger partial charge in [0.2, 0.25) is 0 Å². The first-order valence-corrected chi connectivity index (χ1v) is 8.79. The molecule has 0 saturated heterocycles. The lowest BCUT2D eigenvalue weighted by Crippen LogP contribution is -2.30. The highest BCUT2D eigenvalue weighted by Crippen LogP contribution is 2.47. The molecule has 1 aromatic carbocycles. The second-order valence-corrected chi connectivity index (χ2v) is 7.45. The number of benzene rings is 1. The number of hydrogen-bond donors (Lipinski definition) is 2.